The standard InChI is InChI=1S/C15H21N3O/c1-11-9-15(14(10-16)12(2)18-11)17-7-6-13-5-3-4-8-19-13/h9,13H,3-8H2,1-2H3,(H,17,18). The van der Waals surface area contributed by atoms with Gasteiger partial charge in [0.25, 0.3) is 0 Å². The molecule has 4 nitrogen and oxygen atoms in total. The Bertz CT molecular complexity index is 473. The van der Waals surface area contributed by atoms with Crippen LogP contribution in [0.25, 0.3) is 0 Å². The Morgan fingerprint density at radius 1 is 1.47 bits per heavy atom. The maximum absolute atomic E-state index is 9.18. The van der Waals surface area contributed by atoms with Gasteiger partial charge in [-0.15, -0.1) is 0 Å². The highest BCUT2D eigenvalue weighted by Crippen LogP contribution is 2.20. The predicted molar refractivity (Wildman–Crippen MR) is 75.1 cm³/mol. The highest BCUT2D eigenvalue weighted by atomic mass is 16.5. The number of nitriles is 1. The van der Waals surface area contributed by atoms with Crippen molar-refractivity contribution in [1.82, 2.24) is 4.98 Å². The smallest absolute Gasteiger partial charge is 0.103 e. The minimum atomic E-state index is 0.371. The molecule has 1 fully saturated rings. The molecule has 0 aromatic carbocycles. The van der Waals surface area contributed by atoms with Crippen molar-refractivity contribution in [2.24, 2.45) is 0 Å². The molecule has 4 heteroatoms. The second-order valence-corrected chi connectivity index (χ2v) is 5.09. The molecule has 1 saturated heterocycles. The number of hydrogen-bond acceptors (Lipinski definition) is 4. The first-order valence-electron chi connectivity index (χ1n) is 6.94. The van der Waals surface area contributed by atoms with Crippen LogP contribution < -0.4 is 5.32 Å². The van der Waals surface area contributed by atoms with E-state index in [1.807, 2.05) is 19.9 Å². The van der Waals surface area contributed by atoms with Gasteiger partial charge in [-0.2, -0.15) is 5.26 Å². The monoisotopic (exact) mass is 259 g/mol. The van der Waals surface area contributed by atoms with Crippen molar-refractivity contribution in [3.8, 4) is 6.07 Å². The number of pyridine rings is 1. The van der Waals surface area contributed by atoms with Gasteiger partial charge in [-0.05, 0) is 45.6 Å². The summed E-state index contributed by atoms with van der Waals surface area (Å²) in [4.78, 5) is 4.32. The molecule has 1 aliphatic heterocycles. The first-order valence-corrected chi connectivity index (χ1v) is 6.94. The van der Waals surface area contributed by atoms with Crippen LogP contribution in [-0.4, -0.2) is 24.2 Å². The van der Waals surface area contributed by atoms with Crippen LogP contribution in [0.3, 0.4) is 0 Å². The van der Waals surface area contributed by atoms with Gasteiger partial charge in [0.1, 0.15) is 6.07 Å². The van der Waals surface area contributed by atoms with E-state index in [-0.39, 0.29) is 0 Å². The van der Waals surface area contributed by atoms with Gasteiger partial charge < -0.3 is 10.1 Å². The van der Waals surface area contributed by atoms with Crippen molar-refractivity contribution in [3.05, 3.63) is 23.0 Å². The lowest BCUT2D eigenvalue weighted by Crippen LogP contribution is -2.22. The number of nitrogens with zero attached hydrogens (tertiary/aromatic N) is 2. The van der Waals surface area contributed by atoms with Gasteiger partial charge in [0.05, 0.1) is 23.0 Å². The van der Waals surface area contributed by atoms with Crippen LogP contribution in [-0.2, 0) is 4.74 Å². The zero-order valence-electron chi connectivity index (χ0n) is 11.7. The predicted octanol–water partition coefficient (Wildman–Crippen LogP) is 2.94. The molecule has 2 rings (SSSR count). The zero-order chi connectivity index (χ0) is 13.7. The fraction of sp³-hybridized carbons (Fsp3) is 0.600. The third kappa shape index (κ3) is 3.68. The van der Waals surface area contributed by atoms with Crippen LogP contribution >= 0.6 is 0 Å². The molecule has 102 valence electrons. The molecule has 0 bridgehead atoms. The van der Waals surface area contributed by atoms with Crippen LogP contribution in [0.5, 0.6) is 0 Å². The Morgan fingerprint density at radius 2 is 2.32 bits per heavy atom. The Balaban J connectivity index is 1.93. The lowest BCUT2D eigenvalue weighted by molar-refractivity contribution is 0.0134. The molecule has 0 aliphatic carbocycles. The van der Waals surface area contributed by atoms with Gasteiger partial charge in [0.15, 0.2) is 0 Å². The molecule has 1 aromatic rings. The van der Waals surface area contributed by atoms with E-state index < -0.39 is 0 Å². The average Bonchev–Trinajstić information content (AvgIpc) is 2.39. The molecular formula is C15H21N3O. The summed E-state index contributed by atoms with van der Waals surface area (Å²) < 4.78 is 5.70. The van der Waals surface area contributed by atoms with Crippen molar-refractivity contribution in [2.75, 3.05) is 18.5 Å². The highest BCUT2D eigenvalue weighted by Gasteiger charge is 2.14. The molecule has 1 aromatic heterocycles. The fourth-order valence-electron chi connectivity index (χ4n) is 2.51. The molecule has 0 radical (unpaired) electrons. The minimum Gasteiger partial charge on any atom is -0.384 e. The lowest BCUT2D eigenvalue weighted by atomic mass is 10.1. The molecule has 2 heterocycles. The zero-order valence-corrected chi connectivity index (χ0v) is 11.7. The van der Waals surface area contributed by atoms with Crippen LogP contribution in [0.4, 0.5) is 5.69 Å². The fourth-order valence-corrected chi connectivity index (χ4v) is 2.51. The van der Waals surface area contributed by atoms with E-state index in [1.165, 1.54) is 12.8 Å². The summed E-state index contributed by atoms with van der Waals surface area (Å²) in [5, 5.41) is 12.5. The molecule has 0 spiro atoms. The van der Waals surface area contributed by atoms with E-state index in [4.69, 9.17) is 4.74 Å². The van der Waals surface area contributed by atoms with Gasteiger partial charge in [0, 0.05) is 18.8 Å². The van der Waals surface area contributed by atoms with E-state index in [2.05, 4.69) is 16.4 Å². The SMILES string of the molecule is Cc1cc(NCCC2CCCCO2)c(C#N)c(C)n1. The van der Waals surface area contributed by atoms with Crippen molar-refractivity contribution in [2.45, 2.75) is 45.6 Å². The van der Waals surface area contributed by atoms with Crippen LogP contribution in [0, 0.1) is 25.2 Å². The number of aryl methyl sites for hydroxylation is 2. The summed E-state index contributed by atoms with van der Waals surface area (Å²) in [5.74, 6) is 0. The normalized spacial score (nSPS) is 18.9. The molecule has 1 unspecified atom stereocenters. The van der Waals surface area contributed by atoms with Crippen molar-refractivity contribution >= 4 is 5.69 Å². The third-order valence-electron chi connectivity index (χ3n) is 3.50. The maximum Gasteiger partial charge on any atom is 0.103 e. The van der Waals surface area contributed by atoms with E-state index >= 15 is 0 Å². The third-order valence-corrected chi connectivity index (χ3v) is 3.50. The van der Waals surface area contributed by atoms with Crippen molar-refractivity contribution in [1.29, 1.82) is 5.26 Å². The first kappa shape index (κ1) is 13.8. The van der Waals surface area contributed by atoms with Gasteiger partial charge in [-0.3, -0.25) is 4.98 Å². The number of ether oxygens (including phenoxy) is 1. The highest BCUT2D eigenvalue weighted by molar-refractivity contribution is 5.59. The number of nitrogens with one attached hydrogen (secondary N) is 1. The maximum atomic E-state index is 9.18. The Hall–Kier alpha value is -1.60. The number of anilines is 1. The minimum absolute atomic E-state index is 0.371. The number of hydrogen-bond donors (Lipinski definition) is 1. The number of aromatic nitrogens is 1. The number of rotatable bonds is 4. The van der Waals surface area contributed by atoms with Gasteiger partial charge in [0.2, 0.25) is 0 Å². The topological polar surface area (TPSA) is 57.9 Å². The average molecular weight is 259 g/mol. The molecule has 0 saturated carbocycles. The summed E-state index contributed by atoms with van der Waals surface area (Å²) in [6.07, 6.45) is 4.97. The van der Waals surface area contributed by atoms with Crippen molar-refractivity contribution in [3.63, 3.8) is 0 Å². The lowest BCUT2D eigenvalue weighted by Gasteiger charge is -2.22. The molecule has 1 atom stereocenters. The van der Waals surface area contributed by atoms with E-state index in [0.717, 1.165) is 43.1 Å². The molecule has 1 N–H and O–H groups in total. The van der Waals surface area contributed by atoms with Gasteiger partial charge >= 0.3 is 0 Å². The summed E-state index contributed by atoms with van der Waals surface area (Å²) in [6, 6.07) is 4.16. The van der Waals surface area contributed by atoms with Crippen LogP contribution in [0.1, 0.15) is 42.6 Å². The summed E-state index contributed by atoms with van der Waals surface area (Å²) >= 11 is 0. The van der Waals surface area contributed by atoms with Gasteiger partial charge in [-0.25, -0.2) is 0 Å². The van der Waals surface area contributed by atoms with E-state index in [1.54, 1.807) is 0 Å². The van der Waals surface area contributed by atoms with E-state index in [9.17, 15) is 5.26 Å². The Morgan fingerprint density at radius 3 is 3.00 bits per heavy atom. The summed E-state index contributed by atoms with van der Waals surface area (Å²) in [7, 11) is 0. The largest absolute Gasteiger partial charge is 0.384 e. The molecule has 1 aliphatic rings. The summed E-state index contributed by atoms with van der Waals surface area (Å²) in [5.41, 5.74) is 3.27. The molecule has 0 amide bonds. The van der Waals surface area contributed by atoms with Gasteiger partial charge in [-0.1, -0.05) is 0 Å². The molecule has 19 heavy (non-hydrogen) atoms. The van der Waals surface area contributed by atoms with E-state index in [0.29, 0.717) is 11.7 Å². The van der Waals surface area contributed by atoms with Crippen molar-refractivity contribution < 1.29 is 4.74 Å². The second-order valence-electron chi connectivity index (χ2n) is 5.09. The quantitative estimate of drug-likeness (QED) is 0.903. The second kappa shape index (κ2) is 6.53. The first-order chi connectivity index (χ1) is 9.20. The summed E-state index contributed by atoms with van der Waals surface area (Å²) in [6.45, 7) is 5.55. The Labute approximate surface area is 114 Å². The van der Waals surface area contributed by atoms with Crippen LogP contribution in [0.15, 0.2) is 6.07 Å². The Kier molecular flexibility index (Phi) is 4.75. The van der Waals surface area contributed by atoms with Crippen LogP contribution in [0.2, 0.25) is 0 Å². The molecular weight excluding hydrogens is 238 g/mol.